The molecule has 1 amide bonds. The van der Waals surface area contributed by atoms with Gasteiger partial charge in [0.15, 0.2) is 0 Å². The average Bonchev–Trinajstić information content (AvgIpc) is 2.89. The minimum Gasteiger partial charge on any atom is -0.350 e. The van der Waals surface area contributed by atoms with Gasteiger partial charge in [-0.25, -0.2) is 4.79 Å². The van der Waals surface area contributed by atoms with E-state index in [-0.39, 0.29) is 11.6 Å². The van der Waals surface area contributed by atoms with E-state index in [4.69, 9.17) is 0 Å². The van der Waals surface area contributed by atoms with Crippen molar-refractivity contribution in [2.45, 2.75) is 13.8 Å². The maximum atomic E-state index is 11.9. The predicted octanol–water partition coefficient (Wildman–Crippen LogP) is 1.88. The van der Waals surface area contributed by atoms with Crippen molar-refractivity contribution in [1.29, 1.82) is 0 Å². The summed E-state index contributed by atoms with van der Waals surface area (Å²) in [6, 6.07) is 5.37. The Hall–Kier alpha value is -1.95. The molecule has 2 N–H and O–H groups in total. The Labute approximate surface area is 114 Å². The smallest absolute Gasteiger partial charge is 0.346 e. The first-order valence-electron chi connectivity index (χ1n) is 5.99. The zero-order valence-corrected chi connectivity index (χ0v) is 11.6. The molecule has 0 aliphatic rings. The molecule has 0 fully saturated rings. The summed E-state index contributed by atoms with van der Waals surface area (Å²) in [5.74, 6) is 0.0281. The second-order valence-electron chi connectivity index (χ2n) is 4.57. The second kappa shape index (κ2) is 5.79. The molecule has 0 radical (unpaired) electrons. The van der Waals surface area contributed by atoms with Crippen LogP contribution in [0.3, 0.4) is 0 Å². The fourth-order valence-corrected chi connectivity index (χ4v) is 2.22. The molecule has 0 unspecified atom stereocenters. The fourth-order valence-electron chi connectivity index (χ4n) is 1.53. The monoisotopic (exact) mass is 277 g/mol. The molecule has 2 rings (SSSR count). The van der Waals surface area contributed by atoms with Crippen LogP contribution in [0.1, 0.15) is 24.3 Å². The summed E-state index contributed by atoms with van der Waals surface area (Å²) in [5.41, 5.74) is 0.248. The van der Waals surface area contributed by atoms with Crippen molar-refractivity contribution in [2.24, 2.45) is 5.92 Å². The zero-order valence-electron chi connectivity index (χ0n) is 10.8. The molecule has 6 heteroatoms. The molecule has 0 aromatic carbocycles. The Balaban J connectivity index is 2.27. The molecule has 100 valence electrons. The van der Waals surface area contributed by atoms with E-state index in [1.807, 2.05) is 31.4 Å². The highest BCUT2D eigenvalue weighted by Gasteiger charge is 2.11. The molecule has 2 aromatic heterocycles. The number of H-pyrrole nitrogens is 1. The molecule has 0 saturated heterocycles. The van der Waals surface area contributed by atoms with Gasteiger partial charge >= 0.3 is 5.69 Å². The average molecular weight is 277 g/mol. The Kier molecular flexibility index (Phi) is 4.11. The number of carbonyl (C=O) groups is 1. The molecule has 0 atom stereocenters. The Morgan fingerprint density at radius 1 is 1.53 bits per heavy atom. The van der Waals surface area contributed by atoms with Gasteiger partial charge in [0, 0.05) is 6.54 Å². The lowest BCUT2D eigenvalue weighted by atomic mass is 10.2. The summed E-state index contributed by atoms with van der Waals surface area (Å²) < 4.78 is 0. The SMILES string of the molecule is CC(C)CNC(=O)c1cc(-c2cccs2)[nH]c(=O)n1. The van der Waals surface area contributed by atoms with Crippen LogP contribution in [-0.2, 0) is 0 Å². The van der Waals surface area contributed by atoms with E-state index < -0.39 is 5.69 Å². The summed E-state index contributed by atoms with van der Waals surface area (Å²) in [6.07, 6.45) is 0. The molecule has 0 bridgehead atoms. The lowest BCUT2D eigenvalue weighted by molar-refractivity contribution is 0.0943. The normalized spacial score (nSPS) is 10.7. The second-order valence-corrected chi connectivity index (χ2v) is 5.51. The van der Waals surface area contributed by atoms with E-state index in [0.717, 1.165) is 4.88 Å². The van der Waals surface area contributed by atoms with Crippen molar-refractivity contribution >= 4 is 17.2 Å². The number of aromatic nitrogens is 2. The maximum absolute atomic E-state index is 11.9. The Morgan fingerprint density at radius 2 is 2.32 bits per heavy atom. The van der Waals surface area contributed by atoms with Crippen LogP contribution >= 0.6 is 11.3 Å². The van der Waals surface area contributed by atoms with Crippen LogP contribution in [0.15, 0.2) is 28.4 Å². The first-order chi connectivity index (χ1) is 9.06. The van der Waals surface area contributed by atoms with Crippen molar-refractivity contribution in [3.63, 3.8) is 0 Å². The van der Waals surface area contributed by atoms with Gasteiger partial charge in [0.25, 0.3) is 5.91 Å². The Morgan fingerprint density at radius 3 is 2.95 bits per heavy atom. The van der Waals surface area contributed by atoms with Crippen molar-refractivity contribution < 1.29 is 4.79 Å². The number of nitrogens with one attached hydrogen (secondary N) is 2. The third kappa shape index (κ3) is 3.51. The van der Waals surface area contributed by atoms with E-state index in [1.54, 1.807) is 6.07 Å². The summed E-state index contributed by atoms with van der Waals surface area (Å²) in [7, 11) is 0. The number of rotatable bonds is 4. The van der Waals surface area contributed by atoms with Crippen molar-refractivity contribution in [3.8, 4) is 10.6 Å². The number of hydrogen-bond acceptors (Lipinski definition) is 4. The van der Waals surface area contributed by atoms with Gasteiger partial charge in [-0.3, -0.25) is 4.79 Å². The molecule has 0 aliphatic heterocycles. The van der Waals surface area contributed by atoms with Crippen molar-refractivity contribution in [1.82, 2.24) is 15.3 Å². The van der Waals surface area contributed by atoms with Crippen molar-refractivity contribution in [2.75, 3.05) is 6.54 Å². The van der Waals surface area contributed by atoms with Gasteiger partial charge < -0.3 is 10.3 Å². The van der Waals surface area contributed by atoms with Gasteiger partial charge in [-0.1, -0.05) is 19.9 Å². The molecule has 0 saturated carbocycles. The van der Waals surface area contributed by atoms with E-state index in [1.165, 1.54) is 11.3 Å². The number of hydrogen-bond donors (Lipinski definition) is 2. The van der Waals surface area contributed by atoms with Gasteiger partial charge in [-0.05, 0) is 23.4 Å². The van der Waals surface area contributed by atoms with E-state index >= 15 is 0 Å². The molecule has 19 heavy (non-hydrogen) atoms. The van der Waals surface area contributed by atoms with Gasteiger partial charge in [-0.15, -0.1) is 11.3 Å². The minimum absolute atomic E-state index is 0.146. The number of carbonyl (C=O) groups excluding carboxylic acids is 1. The molecule has 5 nitrogen and oxygen atoms in total. The van der Waals surface area contributed by atoms with Crippen LogP contribution in [0.5, 0.6) is 0 Å². The summed E-state index contributed by atoms with van der Waals surface area (Å²) in [4.78, 5) is 30.6. The minimum atomic E-state index is -0.513. The van der Waals surface area contributed by atoms with Gasteiger partial charge in [-0.2, -0.15) is 4.98 Å². The van der Waals surface area contributed by atoms with Crippen LogP contribution in [-0.4, -0.2) is 22.4 Å². The largest absolute Gasteiger partial charge is 0.350 e. The topological polar surface area (TPSA) is 74.8 Å². The van der Waals surface area contributed by atoms with Crippen LogP contribution < -0.4 is 11.0 Å². The molecule has 0 spiro atoms. The van der Waals surface area contributed by atoms with Gasteiger partial charge in [0.1, 0.15) is 5.69 Å². The highest BCUT2D eigenvalue weighted by Crippen LogP contribution is 2.21. The molecule has 2 heterocycles. The fraction of sp³-hybridized carbons (Fsp3) is 0.308. The van der Waals surface area contributed by atoms with Crippen LogP contribution in [0.4, 0.5) is 0 Å². The number of amides is 1. The third-order valence-electron chi connectivity index (χ3n) is 2.43. The number of thiophene rings is 1. The lowest BCUT2D eigenvalue weighted by Gasteiger charge is -2.07. The number of nitrogens with zero attached hydrogens (tertiary/aromatic N) is 1. The molecule has 2 aromatic rings. The maximum Gasteiger partial charge on any atom is 0.346 e. The van der Waals surface area contributed by atoms with Crippen LogP contribution in [0.2, 0.25) is 0 Å². The van der Waals surface area contributed by atoms with Gasteiger partial charge in [0.05, 0.1) is 10.6 Å². The van der Waals surface area contributed by atoms with Crippen molar-refractivity contribution in [3.05, 3.63) is 39.8 Å². The van der Waals surface area contributed by atoms with Crippen LogP contribution in [0.25, 0.3) is 10.6 Å². The summed E-state index contributed by atoms with van der Waals surface area (Å²) >= 11 is 1.49. The van der Waals surface area contributed by atoms with E-state index in [2.05, 4.69) is 15.3 Å². The first kappa shape index (κ1) is 13.5. The van der Waals surface area contributed by atoms with E-state index in [9.17, 15) is 9.59 Å². The predicted molar refractivity (Wildman–Crippen MR) is 75.3 cm³/mol. The first-order valence-corrected chi connectivity index (χ1v) is 6.87. The van der Waals surface area contributed by atoms with Crippen LogP contribution in [0, 0.1) is 5.92 Å². The Bertz CT molecular complexity index is 617. The summed E-state index contributed by atoms with van der Waals surface area (Å²) in [5, 5.41) is 4.66. The molecular weight excluding hydrogens is 262 g/mol. The molecule has 0 aliphatic carbocycles. The lowest BCUT2D eigenvalue weighted by Crippen LogP contribution is -2.30. The van der Waals surface area contributed by atoms with E-state index in [0.29, 0.717) is 18.2 Å². The molecular formula is C13H15N3O2S. The third-order valence-corrected chi connectivity index (χ3v) is 3.34. The quantitative estimate of drug-likeness (QED) is 0.896. The zero-order chi connectivity index (χ0) is 13.8. The number of aromatic amines is 1. The van der Waals surface area contributed by atoms with Gasteiger partial charge in [0.2, 0.25) is 0 Å². The standard InChI is InChI=1S/C13H15N3O2S/c1-8(2)7-14-12(17)10-6-9(15-13(18)16-10)11-4-3-5-19-11/h3-6,8H,7H2,1-2H3,(H,14,17)(H,15,16,18). The highest BCUT2D eigenvalue weighted by atomic mass is 32.1. The highest BCUT2D eigenvalue weighted by molar-refractivity contribution is 7.13. The summed E-state index contributed by atoms with van der Waals surface area (Å²) in [6.45, 7) is 4.56.